The second-order valence-corrected chi connectivity index (χ2v) is 3.40. The summed E-state index contributed by atoms with van der Waals surface area (Å²) < 4.78 is 4.93. The molecule has 1 aliphatic heterocycles. The third-order valence-corrected chi connectivity index (χ3v) is 2.23. The van der Waals surface area contributed by atoms with Gasteiger partial charge in [-0.15, -0.1) is 0 Å². The van der Waals surface area contributed by atoms with Gasteiger partial charge in [0.05, 0.1) is 7.11 Å². The largest absolute Gasteiger partial charge is 0.504 e. The third kappa shape index (κ3) is 2.20. The molecule has 88 valence electrons. The number of carbonyl (C=O) groups excluding carboxylic acids is 2. The van der Waals surface area contributed by atoms with Crippen molar-refractivity contribution in [3.63, 3.8) is 0 Å². The van der Waals surface area contributed by atoms with Crippen LogP contribution >= 0.6 is 0 Å². The predicted molar refractivity (Wildman–Crippen MR) is 59.3 cm³/mol. The Kier molecular flexibility index (Phi) is 2.70. The number of rotatable bonds is 2. The zero-order valence-corrected chi connectivity index (χ0v) is 8.98. The standard InChI is InChI=1S/C11H10N2O4/c1-17-9-5-6(2-3-8(9)14)4-7-10(15)13-11(16)12-7/h2-5,14H,1H3,(H2,12,13,15,16)/b7-4+. The number of carbonyl (C=O) groups is 2. The van der Waals surface area contributed by atoms with Gasteiger partial charge in [-0.25, -0.2) is 4.79 Å². The molecule has 0 unspecified atom stereocenters. The average molecular weight is 234 g/mol. The summed E-state index contributed by atoms with van der Waals surface area (Å²) in [5, 5.41) is 13.8. The van der Waals surface area contributed by atoms with Gasteiger partial charge in [-0.1, -0.05) is 6.07 Å². The van der Waals surface area contributed by atoms with Crippen LogP contribution in [0.4, 0.5) is 4.79 Å². The van der Waals surface area contributed by atoms with Crippen LogP contribution in [0.2, 0.25) is 0 Å². The number of methoxy groups -OCH3 is 1. The van der Waals surface area contributed by atoms with Crippen molar-refractivity contribution in [1.82, 2.24) is 10.6 Å². The first-order valence-electron chi connectivity index (χ1n) is 4.81. The molecule has 3 N–H and O–H groups in total. The summed E-state index contributed by atoms with van der Waals surface area (Å²) in [5.74, 6) is -0.180. The summed E-state index contributed by atoms with van der Waals surface area (Å²) in [6.07, 6.45) is 1.49. The molecule has 1 fully saturated rings. The Labute approximate surface area is 96.9 Å². The lowest BCUT2D eigenvalue weighted by Crippen LogP contribution is -2.22. The molecular weight excluding hydrogens is 224 g/mol. The van der Waals surface area contributed by atoms with Crippen molar-refractivity contribution >= 4 is 18.0 Å². The number of amides is 3. The number of imide groups is 1. The molecule has 0 aliphatic carbocycles. The Morgan fingerprint density at radius 1 is 1.29 bits per heavy atom. The monoisotopic (exact) mass is 234 g/mol. The van der Waals surface area contributed by atoms with Crippen molar-refractivity contribution in [3.05, 3.63) is 29.5 Å². The fraction of sp³-hybridized carbons (Fsp3) is 0.0909. The maximum atomic E-state index is 11.3. The predicted octanol–water partition coefficient (Wildman–Crippen LogP) is 0.581. The summed E-state index contributed by atoms with van der Waals surface area (Å²) in [4.78, 5) is 22.1. The molecule has 0 radical (unpaired) electrons. The molecule has 2 rings (SSSR count). The molecular formula is C11H10N2O4. The minimum atomic E-state index is -0.549. The Bertz CT molecular complexity index is 522. The molecule has 6 nitrogen and oxygen atoms in total. The Morgan fingerprint density at radius 2 is 2.06 bits per heavy atom. The number of urea groups is 1. The first-order chi connectivity index (χ1) is 8.10. The molecule has 1 aliphatic rings. The van der Waals surface area contributed by atoms with Crippen LogP contribution in [-0.4, -0.2) is 24.2 Å². The minimum Gasteiger partial charge on any atom is -0.504 e. The second-order valence-electron chi connectivity index (χ2n) is 3.40. The quantitative estimate of drug-likeness (QED) is 0.516. The van der Waals surface area contributed by atoms with Crippen LogP contribution in [0.5, 0.6) is 11.5 Å². The summed E-state index contributed by atoms with van der Waals surface area (Å²) in [5.41, 5.74) is 0.787. The fourth-order valence-corrected chi connectivity index (χ4v) is 1.43. The van der Waals surface area contributed by atoms with E-state index in [1.54, 1.807) is 12.1 Å². The molecule has 1 aromatic rings. The van der Waals surface area contributed by atoms with Gasteiger partial charge < -0.3 is 15.2 Å². The lowest BCUT2D eigenvalue weighted by atomic mass is 10.1. The number of phenols is 1. The van der Waals surface area contributed by atoms with Gasteiger partial charge in [0.1, 0.15) is 5.70 Å². The van der Waals surface area contributed by atoms with Crippen molar-refractivity contribution in [3.8, 4) is 11.5 Å². The van der Waals surface area contributed by atoms with E-state index in [0.29, 0.717) is 11.3 Å². The second kappa shape index (κ2) is 4.17. The van der Waals surface area contributed by atoms with Gasteiger partial charge in [0.2, 0.25) is 0 Å². The minimum absolute atomic E-state index is 0.00885. The van der Waals surface area contributed by atoms with E-state index in [-0.39, 0.29) is 11.4 Å². The third-order valence-electron chi connectivity index (χ3n) is 2.23. The first-order valence-corrected chi connectivity index (χ1v) is 4.81. The van der Waals surface area contributed by atoms with Gasteiger partial charge in [-0.3, -0.25) is 10.1 Å². The molecule has 6 heteroatoms. The van der Waals surface area contributed by atoms with Crippen LogP contribution < -0.4 is 15.4 Å². The lowest BCUT2D eigenvalue weighted by molar-refractivity contribution is -0.115. The highest BCUT2D eigenvalue weighted by Crippen LogP contribution is 2.27. The van der Waals surface area contributed by atoms with Gasteiger partial charge >= 0.3 is 6.03 Å². The summed E-state index contributed by atoms with van der Waals surface area (Å²) in [6.45, 7) is 0. The molecule has 0 aromatic heterocycles. The molecule has 1 aromatic carbocycles. The smallest absolute Gasteiger partial charge is 0.326 e. The maximum absolute atomic E-state index is 11.3. The molecule has 0 bridgehead atoms. The Morgan fingerprint density at radius 3 is 2.65 bits per heavy atom. The highest BCUT2D eigenvalue weighted by molar-refractivity contribution is 6.13. The van der Waals surface area contributed by atoms with Crippen molar-refractivity contribution in [2.75, 3.05) is 7.11 Å². The zero-order chi connectivity index (χ0) is 12.4. The fourth-order valence-electron chi connectivity index (χ4n) is 1.43. The van der Waals surface area contributed by atoms with E-state index in [1.807, 2.05) is 0 Å². The van der Waals surface area contributed by atoms with Crippen LogP contribution in [0.25, 0.3) is 6.08 Å². The summed E-state index contributed by atoms with van der Waals surface area (Å²) in [7, 11) is 1.43. The van der Waals surface area contributed by atoms with Crippen LogP contribution in [0.1, 0.15) is 5.56 Å². The van der Waals surface area contributed by atoms with Crippen LogP contribution in [-0.2, 0) is 4.79 Å². The van der Waals surface area contributed by atoms with Crippen molar-refractivity contribution in [1.29, 1.82) is 0 Å². The maximum Gasteiger partial charge on any atom is 0.326 e. The van der Waals surface area contributed by atoms with Gasteiger partial charge in [0.25, 0.3) is 5.91 Å². The number of hydrogen-bond donors (Lipinski definition) is 3. The van der Waals surface area contributed by atoms with Gasteiger partial charge in [-0.05, 0) is 23.8 Å². The zero-order valence-electron chi connectivity index (χ0n) is 8.98. The molecule has 1 saturated heterocycles. The van der Waals surface area contributed by atoms with E-state index in [1.165, 1.54) is 19.3 Å². The average Bonchev–Trinajstić information content (AvgIpc) is 2.60. The number of aromatic hydroxyl groups is 1. The van der Waals surface area contributed by atoms with Crippen LogP contribution in [0.15, 0.2) is 23.9 Å². The number of nitrogens with one attached hydrogen (secondary N) is 2. The normalized spacial score (nSPS) is 16.9. The molecule has 17 heavy (non-hydrogen) atoms. The van der Waals surface area contributed by atoms with Crippen molar-refractivity contribution in [2.45, 2.75) is 0 Å². The van der Waals surface area contributed by atoms with E-state index < -0.39 is 11.9 Å². The molecule has 3 amide bonds. The summed E-state index contributed by atoms with van der Waals surface area (Å²) in [6, 6.07) is 4.05. The number of phenolic OH excluding ortho intramolecular Hbond substituents is 1. The molecule has 1 heterocycles. The van der Waals surface area contributed by atoms with Gasteiger partial charge in [0.15, 0.2) is 11.5 Å². The lowest BCUT2D eigenvalue weighted by Gasteiger charge is -2.04. The number of ether oxygens (including phenoxy) is 1. The van der Waals surface area contributed by atoms with E-state index >= 15 is 0 Å². The number of hydrogen-bond acceptors (Lipinski definition) is 4. The van der Waals surface area contributed by atoms with E-state index in [9.17, 15) is 14.7 Å². The van der Waals surface area contributed by atoms with E-state index in [0.717, 1.165) is 0 Å². The SMILES string of the molecule is COc1cc(/C=C2/NC(=O)NC2=O)ccc1O. The van der Waals surface area contributed by atoms with Crippen LogP contribution in [0, 0.1) is 0 Å². The van der Waals surface area contributed by atoms with E-state index in [2.05, 4.69) is 10.6 Å². The molecule has 0 atom stereocenters. The molecule has 0 spiro atoms. The highest BCUT2D eigenvalue weighted by Gasteiger charge is 2.22. The van der Waals surface area contributed by atoms with Gasteiger partial charge in [-0.2, -0.15) is 0 Å². The summed E-state index contributed by atoms with van der Waals surface area (Å²) >= 11 is 0. The topological polar surface area (TPSA) is 87.7 Å². The first kappa shape index (κ1) is 11.0. The number of benzene rings is 1. The van der Waals surface area contributed by atoms with E-state index in [4.69, 9.17) is 4.74 Å². The molecule has 0 saturated carbocycles. The van der Waals surface area contributed by atoms with Gasteiger partial charge in [0, 0.05) is 0 Å². The highest BCUT2D eigenvalue weighted by atomic mass is 16.5. The van der Waals surface area contributed by atoms with Crippen molar-refractivity contribution < 1.29 is 19.4 Å². The Balaban J connectivity index is 2.33. The van der Waals surface area contributed by atoms with Crippen LogP contribution in [0.3, 0.4) is 0 Å². The Hall–Kier alpha value is -2.50. The van der Waals surface area contributed by atoms with Crippen molar-refractivity contribution in [2.24, 2.45) is 0 Å².